The van der Waals surface area contributed by atoms with Crippen molar-refractivity contribution in [3.05, 3.63) is 76.3 Å². The van der Waals surface area contributed by atoms with Crippen molar-refractivity contribution in [3.63, 3.8) is 0 Å². The molecule has 5 rings (SSSR count). The fourth-order valence-corrected chi connectivity index (χ4v) is 6.15. The quantitative estimate of drug-likeness (QED) is 0.327. The van der Waals surface area contributed by atoms with Gasteiger partial charge in [-0.05, 0) is 73.1 Å². The fourth-order valence-electron chi connectivity index (χ4n) is 5.41. The van der Waals surface area contributed by atoms with Crippen molar-refractivity contribution < 1.29 is 27.9 Å². The predicted molar refractivity (Wildman–Crippen MR) is 155 cm³/mol. The molecule has 12 heteroatoms. The van der Waals surface area contributed by atoms with Gasteiger partial charge in [-0.25, -0.2) is 8.78 Å². The predicted octanol–water partition coefficient (Wildman–Crippen LogP) is 4.75. The van der Waals surface area contributed by atoms with Crippen LogP contribution in [-0.4, -0.2) is 47.4 Å². The number of nitrogens with one attached hydrogen (secondary N) is 2. The zero-order chi connectivity index (χ0) is 29.6. The molecule has 3 amide bonds. The van der Waals surface area contributed by atoms with Gasteiger partial charge in [-0.2, -0.15) is 4.37 Å². The number of ether oxygens (including phenoxy) is 1. The first-order chi connectivity index (χ1) is 20.3. The molecule has 2 atom stereocenters. The molecule has 0 bridgehead atoms. The fraction of sp³-hybridized carbons (Fsp3) is 0.400. The third kappa shape index (κ3) is 6.76. The highest BCUT2D eigenvalue weighted by molar-refractivity contribution is 7.09. The zero-order valence-electron chi connectivity index (χ0n) is 23.0. The molecule has 42 heavy (non-hydrogen) atoms. The van der Waals surface area contributed by atoms with Gasteiger partial charge in [0.2, 0.25) is 5.91 Å². The molecule has 3 aromatic rings. The van der Waals surface area contributed by atoms with Gasteiger partial charge in [0.25, 0.3) is 11.8 Å². The second kappa shape index (κ2) is 13.4. The van der Waals surface area contributed by atoms with E-state index in [1.807, 2.05) is 0 Å². The van der Waals surface area contributed by atoms with Crippen LogP contribution in [0.4, 0.5) is 20.2 Å². The molecule has 2 aromatic carbocycles. The number of nitrogens with two attached hydrogens (primary N) is 1. The van der Waals surface area contributed by atoms with E-state index in [1.165, 1.54) is 42.5 Å². The summed E-state index contributed by atoms with van der Waals surface area (Å²) in [6, 6.07) is 9.05. The highest BCUT2D eigenvalue weighted by Gasteiger charge is 2.37. The lowest BCUT2D eigenvalue weighted by atomic mass is 9.95. The third-order valence-electron chi connectivity index (χ3n) is 7.60. The number of anilines is 2. The Morgan fingerprint density at radius 1 is 1.02 bits per heavy atom. The second-order valence-corrected chi connectivity index (χ2v) is 11.3. The van der Waals surface area contributed by atoms with Gasteiger partial charge in [0.05, 0.1) is 11.8 Å². The largest absolute Gasteiger partial charge is 0.395 e. The Labute approximate surface area is 246 Å². The number of halogens is 2. The van der Waals surface area contributed by atoms with E-state index >= 15 is 0 Å². The van der Waals surface area contributed by atoms with Crippen molar-refractivity contribution >= 4 is 40.6 Å². The van der Waals surface area contributed by atoms with E-state index in [2.05, 4.69) is 15.0 Å². The first-order valence-electron chi connectivity index (χ1n) is 14.1. The Hall–Kier alpha value is -3.90. The summed E-state index contributed by atoms with van der Waals surface area (Å²) in [6.07, 6.45) is 6.34. The molecule has 4 N–H and O–H groups in total. The Kier molecular flexibility index (Phi) is 9.43. The van der Waals surface area contributed by atoms with Crippen LogP contribution >= 0.6 is 11.5 Å². The summed E-state index contributed by atoms with van der Waals surface area (Å²) < 4.78 is 38.2. The first-order valence-corrected chi connectivity index (χ1v) is 14.9. The molecular formula is C30H33F2N5O4S. The Morgan fingerprint density at radius 3 is 2.48 bits per heavy atom. The molecule has 1 aliphatic heterocycles. The number of carbonyl (C=O) groups is 3. The molecule has 2 fully saturated rings. The summed E-state index contributed by atoms with van der Waals surface area (Å²) in [5, 5.41) is 5.79. The van der Waals surface area contributed by atoms with Crippen molar-refractivity contribution in [3.8, 4) is 0 Å². The lowest BCUT2D eigenvalue weighted by Crippen LogP contribution is -2.45. The van der Waals surface area contributed by atoms with Crippen molar-refractivity contribution in [2.45, 2.75) is 63.1 Å². The van der Waals surface area contributed by atoms with Crippen molar-refractivity contribution in [1.29, 1.82) is 0 Å². The molecule has 1 aliphatic carbocycles. The Balaban J connectivity index is 1.50. The van der Waals surface area contributed by atoms with Gasteiger partial charge in [0, 0.05) is 24.9 Å². The van der Waals surface area contributed by atoms with Crippen molar-refractivity contribution in [2.24, 2.45) is 0 Å². The Morgan fingerprint density at radius 2 is 1.79 bits per heavy atom. The maximum atomic E-state index is 14.5. The van der Waals surface area contributed by atoms with Gasteiger partial charge in [0.15, 0.2) is 5.69 Å². The van der Waals surface area contributed by atoms with Crippen molar-refractivity contribution in [2.75, 3.05) is 23.8 Å². The lowest BCUT2D eigenvalue weighted by Gasteiger charge is -2.31. The number of nitrogens with zero attached hydrogens (tertiary/aromatic N) is 2. The molecule has 222 valence electrons. The van der Waals surface area contributed by atoms with Gasteiger partial charge in [-0.15, -0.1) is 0 Å². The van der Waals surface area contributed by atoms with Gasteiger partial charge >= 0.3 is 0 Å². The van der Waals surface area contributed by atoms with Gasteiger partial charge < -0.3 is 21.1 Å². The number of rotatable bonds is 9. The smallest absolute Gasteiger partial charge is 0.273 e. The van der Waals surface area contributed by atoms with Crippen LogP contribution in [0.5, 0.6) is 0 Å². The number of amides is 3. The molecule has 1 aromatic heterocycles. The molecule has 1 saturated carbocycles. The summed E-state index contributed by atoms with van der Waals surface area (Å²) in [5.41, 5.74) is 6.49. The maximum absolute atomic E-state index is 14.5. The maximum Gasteiger partial charge on any atom is 0.273 e. The minimum Gasteiger partial charge on any atom is -0.395 e. The van der Waals surface area contributed by atoms with Crippen LogP contribution in [0.3, 0.4) is 0 Å². The van der Waals surface area contributed by atoms with Crippen molar-refractivity contribution in [1.82, 2.24) is 15.0 Å². The van der Waals surface area contributed by atoms with E-state index in [4.69, 9.17) is 10.5 Å². The molecule has 9 nitrogen and oxygen atoms in total. The number of benzene rings is 2. The average molecular weight is 598 g/mol. The van der Waals surface area contributed by atoms with Gasteiger partial charge in [-0.3, -0.25) is 19.3 Å². The van der Waals surface area contributed by atoms with Crippen LogP contribution in [0.1, 0.15) is 76.7 Å². The van der Waals surface area contributed by atoms with E-state index in [0.29, 0.717) is 6.61 Å². The monoisotopic (exact) mass is 597 g/mol. The highest BCUT2D eigenvalue weighted by atomic mass is 32.1. The highest BCUT2D eigenvalue weighted by Crippen LogP contribution is 2.34. The van der Waals surface area contributed by atoms with Gasteiger partial charge in [0.1, 0.15) is 22.6 Å². The van der Waals surface area contributed by atoms with Gasteiger partial charge in [-0.1, -0.05) is 37.5 Å². The molecule has 0 spiro atoms. The minimum atomic E-state index is -1.33. The van der Waals surface area contributed by atoms with E-state index in [0.717, 1.165) is 67.4 Å². The number of carbonyl (C=O) groups excluding carboxylic acids is 3. The van der Waals surface area contributed by atoms with E-state index in [1.54, 1.807) is 0 Å². The van der Waals surface area contributed by atoms with E-state index < -0.39 is 35.4 Å². The van der Waals surface area contributed by atoms with Crippen LogP contribution in [0, 0.1) is 11.6 Å². The standard InChI is InChI=1S/C30H33F2N5O4S/c31-19-13-11-18(12-14-19)26(29(39)34-17-23-10-5-15-41-23)37(22-9-4-6-20(32)16-22)30(40)27-24(33)25(36-42-27)28(38)35-21-7-2-1-3-8-21/h4,6,9,11-14,16,21,23,26H,1-3,5,7-8,10,15,17,33H2,(H,34,39)(H,35,38)/t23-,26+/m0/s1. The number of nitrogen functional groups attached to an aromatic ring is 1. The average Bonchev–Trinajstić information content (AvgIpc) is 3.65. The third-order valence-corrected chi connectivity index (χ3v) is 8.45. The van der Waals surface area contributed by atoms with Crippen LogP contribution in [-0.2, 0) is 9.53 Å². The SMILES string of the molecule is Nc1c(C(=O)NC2CCCCC2)nsc1C(=O)N(c1cccc(F)c1)[C@@H](C(=O)NC[C@@H]1CCCO1)c1ccc(F)cc1. The number of hydrogen-bond donors (Lipinski definition) is 3. The Bertz CT molecular complexity index is 1420. The summed E-state index contributed by atoms with van der Waals surface area (Å²) in [7, 11) is 0. The normalized spacial score (nSPS) is 17.9. The number of hydrogen-bond acceptors (Lipinski definition) is 7. The molecule has 2 heterocycles. The number of aromatic nitrogens is 1. The topological polar surface area (TPSA) is 127 Å². The summed E-state index contributed by atoms with van der Waals surface area (Å²) in [5.74, 6) is -2.97. The van der Waals surface area contributed by atoms with Crippen LogP contribution < -0.4 is 21.3 Å². The lowest BCUT2D eigenvalue weighted by molar-refractivity contribution is -0.123. The summed E-state index contributed by atoms with van der Waals surface area (Å²) >= 11 is 0.730. The zero-order valence-corrected chi connectivity index (χ0v) is 23.8. The molecular weight excluding hydrogens is 564 g/mol. The molecule has 2 aliphatic rings. The van der Waals surface area contributed by atoms with Crippen LogP contribution in [0.2, 0.25) is 0 Å². The molecule has 0 unspecified atom stereocenters. The molecule has 0 radical (unpaired) electrons. The first kappa shape index (κ1) is 29.6. The van der Waals surface area contributed by atoms with Crippen LogP contribution in [0.15, 0.2) is 48.5 Å². The summed E-state index contributed by atoms with van der Waals surface area (Å²) in [4.78, 5) is 42.1. The summed E-state index contributed by atoms with van der Waals surface area (Å²) in [6.45, 7) is 0.799. The van der Waals surface area contributed by atoms with Crippen LogP contribution in [0.25, 0.3) is 0 Å². The second-order valence-electron chi connectivity index (χ2n) is 10.6. The molecule has 1 saturated heterocycles. The minimum absolute atomic E-state index is 0.00527. The van der Waals surface area contributed by atoms with E-state index in [9.17, 15) is 23.2 Å². The van der Waals surface area contributed by atoms with E-state index in [-0.39, 0.29) is 46.2 Å².